The first-order chi connectivity index (χ1) is 14.6. The normalized spacial score (nSPS) is 16.6. The van der Waals surface area contributed by atoms with Crippen molar-refractivity contribution >= 4 is 29.9 Å². The zero-order valence-corrected chi connectivity index (χ0v) is 21.3. The third kappa shape index (κ3) is 7.73. The number of hydrogen-bond acceptors (Lipinski definition) is 6. The van der Waals surface area contributed by atoms with Gasteiger partial charge in [0.2, 0.25) is 5.89 Å². The quantitative estimate of drug-likeness (QED) is 0.300. The van der Waals surface area contributed by atoms with E-state index in [1.807, 2.05) is 13.8 Å². The molecule has 2 aromatic rings. The summed E-state index contributed by atoms with van der Waals surface area (Å²) in [5, 5.41) is 10.8. The molecule has 1 aromatic heterocycles. The van der Waals surface area contributed by atoms with Crippen LogP contribution in [0.15, 0.2) is 33.8 Å². The van der Waals surface area contributed by atoms with Gasteiger partial charge >= 0.3 is 0 Å². The molecule has 0 saturated carbocycles. The van der Waals surface area contributed by atoms with Gasteiger partial charge in [-0.2, -0.15) is 4.98 Å². The van der Waals surface area contributed by atoms with E-state index in [2.05, 4.69) is 61.9 Å². The van der Waals surface area contributed by atoms with Gasteiger partial charge in [-0.05, 0) is 44.7 Å². The Bertz CT molecular complexity index is 820. The number of aryl methyl sites for hydroxylation is 1. The summed E-state index contributed by atoms with van der Waals surface area (Å²) in [6.07, 6.45) is 2.00. The molecule has 2 heterocycles. The molecule has 9 heteroatoms. The van der Waals surface area contributed by atoms with Gasteiger partial charge in [0.05, 0.1) is 6.54 Å². The third-order valence-corrected chi connectivity index (χ3v) is 5.48. The van der Waals surface area contributed by atoms with E-state index in [4.69, 9.17) is 9.26 Å². The van der Waals surface area contributed by atoms with E-state index < -0.39 is 0 Å². The van der Waals surface area contributed by atoms with Gasteiger partial charge in [-0.25, -0.2) is 0 Å². The average molecular weight is 542 g/mol. The number of ether oxygens (including phenoxy) is 1. The van der Waals surface area contributed by atoms with Crippen LogP contribution in [0.4, 0.5) is 0 Å². The van der Waals surface area contributed by atoms with Crippen molar-refractivity contribution in [1.29, 1.82) is 0 Å². The Hall–Kier alpha value is -1.72. The number of rotatable bonds is 8. The molecule has 1 atom stereocenters. The Kier molecular flexibility index (Phi) is 10.7. The predicted octanol–water partition coefficient (Wildman–Crippen LogP) is 3.42. The molecule has 0 aliphatic carbocycles. The van der Waals surface area contributed by atoms with Crippen LogP contribution in [0.25, 0.3) is 0 Å². The maximum absolute atomic E-state index is 5.50. The Morgan fingerprint density at radius 2 is 2.06 bits per heavy atom. The lowest BCUT2D eigenvalue weighted by Gasteiger charge is -2.33. The van der Waals surface area contributed by atoms with Crippen molar-refractivity contribution in [2.45, 2.75) is 58.8 Å². The van der Waals surface area contributed by atoms with Crippen LogP contribution in [0.3, 0.4) is 0 Å². The Balaban J connectivity index is 0.00000341. The minimum atomic E-state index is -0.171. The number of aromatic nitrogens is 2. The van der Waals surface area contributed by atoms with Gasteiger partial charge in [0, 0.05) is 39.3 Å². The fourth-order valence-electron chi connectivity index (χ4n) is 3.64. The first-order valence-corrected chi connectivity index (χ1v) is 10.8. The predicted molar refractivity (Wildman–Crippen MR) is 133 cm³/mol. The smallest absolute Gasteiger partial charge is 0.246 e. The Labute approximate surface area is 202 Å². The number of benzene rings is 1. The van der Waals surface area contributed by atoms with E-state index in [0.29, 0.717) is 30.9 Å². The van der Waals surface area contributed by atoms with Crippen LogP contribution >= 0.6 is 24.0 Å². The zero-order chi connectivity index (χ0) is 21.3. The highest BCUT2D eigenvalue weighted by Crippen LogP contribution is 2.16. The van der Waals surface area contributed by atoms with Gasteiger partial charge in [-0.15, -0.1) is 24.0 Å². The second-order valence-electron chi connectivity index (χ2n) is 7.69. The molecule has 172 valence electrons. The zero-order valence-electron chi connectivity index (χ0n) is 18.9. The molecule has 0 spiro atoms. The van der Waals surface area contributed by atoms with Crippen LogP contribution in [-0.4, -0.2) is 53.8 Å². The average Bonchev–Trinajstić information content (AvgIpc) is 3.23. The fourth-order valence-corrected chi connectivity index (χ4v) is 3.64. The van der Waals surface area contributed by atoms with Crippen LogP contribution in [-0.2, 0) is 17.8 Å². The van der Waals surface area contributed by atoms with Crippen molar-refractivity contribution in [1.82, 2.24) is 25.7 Å². The number of halogens is 1. The lowest BCUT2D eigenvalue weighted by molar-refractivity contribution is 0.0683. The number of guanidine groups is 1. The summed E-state index contributed by atoms with van der Waals surface area (Å²) in [6, 6.07) is 9.03. The van der Waals surface area contributed by atoms with Crippen molar-refractivity contribution in [2.24, 2.45) is 4.99 Å². The van der Waals surface area contributed by atoms with Crippen molar-refractivity contribution in [3.63, 3.8) is 0 Å². The van der Waals surface area contributed by atoms with Gasteiger partial charge in [-0.3, -0.25) is 9.89 Å². The van der Waals surface area contributed by atoms with Crippen molar-refractivity contribution in [2.75, 3.05) is 26.7 Å². The fraction of sp³-hybridized carbons (Fsp3) is 0.591. The second-order valence-corrected chi connectivity index (χ2v) is 7.69. The summed E-state index contributed by atoms with van der Waals surface area (Å²) in [4.78, 5) is 11.2. The molecule has 0 radical (unpaired) electrons. The van der Waals surface area contributed by atoms with Crippen molar-refractivity contribution in [3.05, 3.63) is 47.1 Å². The van der Waals surface area contributed by atoms with Crippen LogP contribution in [0.2, 0.25) is 0 Å². The van der Waals surface area contributed by atoms with Gasteiger partial charge < -0.3 is 19.9 Å². The standard InChI is InChI=1S/C22H34N6O2.HI/c1-5-29-17(3)21-26-20(30-27-21)14-24-22(23-4)25-19-10-12-28(13-11-19)15-18-9-7-6-8-16(18)2;/h6-9,17,19H,5,10-15H2,1-4H3,(H2,23,24,25);1H. The molecule has 31 heavy (non-hydrogen) atoms. The number of nitrogens with zero attached hydrogens (tertiary/aromatic N) is 4. The molecular weight excluding hydrogens is 507 g/mol. The molecule has 1 saturated heterocycles. The van der Waals surface area contributed by atoms with Gasteiger partial charge in [0.15, 0.2) is 11.8 Å². The maximum atomic E-state index is 5.50. The van der Waals surface area contributed by atoms with E-state index in [-0.39, 0.29) is 30.1 Å². The monoisotopic (exact) mass is 542 g/mol. The summed E-state index contributed by atoms with van der Waals surface area (Å²) in [6.45, 7) is 10.3. The summed E-state index contributed by atoms with van der Waals surface area (Å²) in [7, 11) is 1.78. The summed E-state index contributed by atoms with van der Waals surface area (Å²) >= 11 is 0. The lowest BCUT2D eigenvalue weighted by atomic mass is 10.0. The van der Waals surface area contributed by atoms with E-state index in [1.54, 1.807) is 7.05 Å². The Morgan fingerprint density at radius 1 is 1.32 bits per heavy atom. The molecule has 0 bridgehead atoms. The first kappa shape index (κ1) is 25.5. The molecule has 2 N–H and O–H groups in total. The summed E-state index contributed by atoms with van der Waals surface area (Å²) < 4.78 is 10.8. The number of likely N-dealkylation sites (tertiary alicyclic amines) is 1. The second kappa shape index (κ2) is 13.0. The van der Waals surface area contributed by atoms with Crippen LogP contribution in [0.1, 0.15) is 55.6 Å². The number of aliphatic imine (C=N–C) groups is 1. The van der Waals surface area contributed by atoms with Gasteiger partial charge in [0.25, 0.3) is 0 Å². The number of nitrogens with one attached hydrogen (secondary N) is 2. The van der Waals surface area contributed by atoms with E-state index in [0.717, 1.165) is 38.4 Å². The summed E-state index contributed by atoms with van der Waals surface area (Å²) in [5.41, 5.74) is 2.78. The molecule has 1 aliphatic rings. The molecule has 1 unspecified atom stereocenters. The van der Waals surface area contributed by atoms with Crippen molar-refractivity contribution < 1.29 is 9.26 Å². The Morgan fingerprint density at radius 3 is 2.74 bits per heavy atom. The van der Waals surface area contributed by atoms with Crippen LogP contribution < -0.4 is 10.6 Å². The topological polar surface area (TPSA) is 87.8 Å². The van der Waals surface area contributed by atoms with Crippen LogP contribution in [0, 0.1) is 6.92 Å². The molecule has 3 rings (SSSR count). The first-order valence-electron chi connectivity index (χ1n) is 10.8. The van der Waals surface area contributed by atoms with E-state index in [1.165, 1.54) is 11.1 Å². The highest BCUT2D eigenvalue weighted by molar-refractivity contribution is 14.0. The van der Waals surface area contributed by atoms with Gasteiger partial charge in [0.1, 0.15) is 6.10 Å². The highest BCUT2D eigenvalue weighted by atomic mass is 127. The summed E-state index contributed by atoms with van der Waals surface area (Å²) in [5.74, 6) is 1.84. The molecule has 1 fully saturated rings. The van der Waals surface area contributed by atoms with Crippen molar-refractivity contribution in [3.8, 4) is 0 Å². The minimum Gasteiger partial charge on any atom is -0.371 e. The number of piperidine rings is 1. The molecule has 0 amide bonds. The minimum absolute atomic E-state index is 0. The third-order valence-electron chi connectivity index (χ3n) is 5.48. The van der Waals surface area contributed by atoms with E-state index >= 15 is 0 Å². The lowest BCUT2D eigenvalue weighted by Crippen LogP contribution is -2.48. The molecule has 8 nitrogen and oxygen atoms in total. The molecular formula is C22H35IN6O2. The largest absolute Gasteiger partial charge is 0.371 e. The SMILES string of the molecule is CCOC(C)c1noc(CNC(=NC)NC2CCN(Cc3ccccc3C)CC2)n1.I. The van der Waals surface area contributed by atoms with Gasteiger partial charge in [-0.1, -0.05) is 29.4 Å². The van der Waals surface area contributed by atoms with E-state index in [9.17, 15) is 0 Å². The van der Waals surface area contributed by atoms with Crippen LogP contribution in [0.5, 0.6) is 0 Å². The molecule has 1 aliphatic heterocycles. The molecule has 1 aromatic carbocycles. The maximum Gasteiger partial charge on any atom is 0.246 e. The number of hydrogen-bond donors (Lipinski definition) is 2. The highest BCUT2D eigenvalue weighted by Gasteiger charge is 2.21.